The summed E-state index contributed by atoms with van der Waals surface area (Å²) in [6, 6.07) is 3.23. The van der Waals surface area contributed by atoms with Crippen molar-refractivity contribution >= 4 is 17.7 Å². The smallest absolute Gasteiger partial charge is 0.322 e. The van der Waals surface area contributed by atoms with Crippen molar-refractivity contribution in [3.05, 3.63) is 24.0 Å². The molecule has 2 aliphatic rings. The number of amides is 2. The molecule has 2 bridgehead atoms. The molecule has 2 fully saturated rings. The number of aryl methyl sites for hydroxylation is 1. The summed E-state index contributed by atoms with van der Waals surface area (Å²) in [6.07, 6.45) is 3.92. The lowest BCUT2D eigenvalue weighted by Gasteiger charge is -2.23. The highest BCUT2D eigenvalue weighted by Crippen LogP contribution is 2.42. The Kier molecular flexibility index (Phi) is 3.08. The zero-order valence-corrected chi connectivity index (χ0v) is 11.2. The number of carboxylic acids is 1. The van der Waals surface area contributed by atoms with Gasteiger partial charge in [0.25, 0.3) is 0 Å². The third-order valence-corrected chi connectivity index (χ3v) is 4.34. The van der Waals surface area contributed by atoms with Gasteiger partial charge in [0.2, 0.25) is 0 Å². The molecule has 3 rings (SSSR count). The number of aromatic nitrogens is 1. The number of nitrogens with zero attached hydrogens (tertiary/aromatic N) is 2. The van der Waals surface area contributed by atoms with Crippen LogP contribution in [-0.2, 0) is 4.79 Å². The Morgan fingerprint density at radius 1 is 1.45 bits per heavy atom. The molecule has 2 aliphatic heterocycles. The van der Waals surface area contributed by atoms with Crippen molar-refractivity contribution in [2.75, 3.05) is 5.32 Å². The summed E-state index contributed by atoms with van der Waals surface area (Å²) < 4.78 is 0. The number of urea groups is 1. The molecule has 1 aromatic rings. The van der Waals surface area contributed by atoms with Crippen LogP contribution in [0.15, 0.2) is 18.3 Å². The van der Waals surface area contributed by atoms with E-state index in [0.29, 0.717) is 12.1 Å². The number of fused-ring (bicyclic) bond motifs is 2. The molecule has 3 unspecified atom stereocenters. The molecule has 0 spiro atoms. The first kappa shape index (κ1) is 12.9. The van der Waals surface area contributed by atoms with Crippen LogP contribution in [0.4, 0.5) is 10.5 Å². The fraction of sp³-hybridized carbons (Fsp3) is 0.500. The maximum absolute atomic E-state index is 12.4. The molecule has 0 aliphatic carbocycles. The van der Waals surface area contributed by atoms with Crippen LogP contribution < -0.4 is 5.32 Å². The number of carboxylic acid groups (broad SMARTS) is 1. The second-order valence-corrected chi connectivity index (χ2v) is 5.45. The van der Waals surface area contributed by atoms with E-state index in [1.165, 1.54) is 0 Å². The molecule has 2 amide bonds. The summed E-state index contributed by atoms with van der Waals surface area (Å²) in [5.74, 6) is -1.22. The Hall–Kier alpha value is -2.11. The van der Waals surface area contributed by atoms with Gasteiger partial charge in [-0.1, -0.05) is 0 Å². The van der Waals surface area contributed by atoms with E-state index in [9.17, 15) is 14.7 Å². The molecule has 0 aromatic carbocycles. The van der Waals surface area contributed by atoms with E-state index >= 15 is 0 Å². The van der Waals surface area contributed by atoms with Gasteiger partial charge in [0.15, 0.2) is 0 Å². The van der Waals surface area contributed by atoms with Crippen molar-refractivity contribution in [3.63, 3.8) is 0 Å². The van der Waals surface area contributed by atoms with Gasteiger partial charge in [-0.15, -0.1) is 0 Å². The highest BCUT2D eigenvalue weighted by atomic mass is 16.4. The fourth-order valence-corrected chi connectivity index (χ4v) is 3.37. The number of anilines is 1. The zero-order valence-electron chi connectivity index (χ0n) is 11.2. The van der Waals surface area contributed by atoms with Gasteiger partial charge in [-0.05, 0) is 38.3 Å². The van der Waals surface area contributed by atoms with Crippen molar-refractivity contribution in [1.29, 1.82) is 0 Å². The van der Waals surface area contributed by atoms with Crippen LogP contribution in [0.2, 0.25) is 0 Å². The van der Waals surface area contributed by atoms with Crippen molar-refractivity contribution < 1.29 is 14.7 Å². The van der Waals surface area contributed by atoms with Gasteiger partial charge in [-0.25, -0.2) is 4.79 Å². The SMILES string of the molecule is Cc1ncccc1NC(=O)N1C2CCC1C(C(=O)O)C2. The Labute approximate surface area is 116 Å². The van der Waals surface area contributed by atoms with E-state index in [0.717, 1.165) is 18.5 Å². The second kappa shape index (κ2) is 4.77. The summed E-state index contributed by atoms with van der Waals surface area (Å²) in [7, 11) is 0. The van der Waals surface area contributed by atoms with Crippen LogP contribution >= 0.6 is 0 Å². The van der Waals surface area contributed by atoms with Gasteiger partial charge in [-0.3, -0.25) is 9.78 Å². The Morgan fingerprint density at radius 3 is 2.90 bits per heavy atom. The molecule has 2 N–H and O–H groups in total. The normalized spacial score (nSPS) is 27.6. The van der Waals surface area contributed by atoms with Gasteiger partial charge < -0.3 is 15.3 Å². The lowest BCUT2D eigenvalue weighted by Crippen LogP contribution is -2.40. The highest BCUT2D eigenvalue weighted by Gasteiger charge is 2.51. The van der Waals surface area contributed by atoms with Gasteiger partial charge >= 0.3 is 12.0 Å². The van der Waals surface area contributed by atoms with E-state index in [1.54, 1.807) is 23.2 Å². The number of carbonyl (C=O) groups is 2. The third kappa shape index (κ3) is 2.01. The minimum absolute atomic E-state index is 0.0538. The molecule has 2 saturated heterocycles. The zero-order chi connectivity index (χ0) is 14.3. The monoisotopic (exact) mass is 275 g/mol. The van der Waals surface area contributed by atoms with E-state index in [1.807, 2.05) is 6.92 Å². The number of pyridine rings is 1. The molecule has 0 saturated carbocycles. The number of nitrogens with one attached hydrogen (secondary N) is 1. The highest BCUT2D eigenvalue weighted by molar-refractivity contribution is 5.91. The molecular formula is C14H17N3O3. The van der Waals surface area contributed by atoms with E-state index in [4.69, 9.17) is 0 Å². The summed E-state index contributed by atoms with van der Waals surface area (Å²) in [5, 5.41) is 12.0. The number of rotatable bonds is 2. The molecule has 6 nitrogen and oxygen atoms in total. The van der Waals surface area contributed by atoms with Crippen LogP contribution in [-0.4, -0.2) is 39.1 Å². The van der Waals surface area contributed by atoms with Crippen LogP contribution in [0, 0.1) is 12.8 Å². The Balaban J connectivity index is 1.76. The van der Waals surface area contributed by atoms with Crippen molar-refractivity contribution in [3.8, 4) is 0 Å². The topological polar surface area (TPSA) is 82.5 Å². The van der Waals surface area contributed by atoms with Crippen molar-refractivity contribution in [2.45, 2.75) is 38.3 Å². The largest absolute Gasteiger partial charge is 0.481 e. The second-order valence-electron chi connectivity index (χ2n) is 5.45. The van der Waals surface area contributed by atoms with Crippen LogP contribution in [0.3, 0.4) is 0 Å². The predicted octanol–water partition coefficient (Wildman–Crippen LogP) is 1.86. The molecule has 0 radical (unpaired) electrons. The average Bonchev–Trinajstić information content (AvgIpc) is 2.99. The van der Waals surface area contributed by atoms with Crippen LogP contribution in [0.5, 0.6) is 0 Å². The van der Waals surface area contributed by atoms with E-state index in [2.05, 4.69) is 10.3 Å². The van der Waals surface area contributed by atoms with Crippen molar-refractivity contribution in [2.24, 2.45) is 5.92 Å². The molecule has 6 heteroatoms. The first-order valence-corrected chi connectivity index (χ1v) is 6.81. The van der Waals surface area contributed by atoms with E-state index < -0.39 is 11.9 Å². The molecule has 20 heavy (non-hydrogen) atoms. The molecule has 3 atom stereocenters. The lowest BCUT2D eigenvalue weighted by molar-refractivity contribution is -0.142. The number of carbonyl (C=O) groups excluding carboxylic acids is 1. The van der Waals surface area contributed by atoms with Gasteiger partial charge in [0.1, 0.15) is 0 Å². The average molecular weight is 275 g/mol. The summed E-state index contributed by atoms with van der Waals surface area (Å²) in [4.78, 5) is 29.4. The Morgan fingerprint density at radius 2 is 2.25 bits per heavy atom. The maximum atomic E-state index is 12.4. The third-order valence-electron chi connectivity index (χ3n) is 4.34. The Bertz CT molecular complexity index is 560. The van der Waals surface area contributed by atoms with Gasteiger partial charge in [-0.2, -0.15) is 0 Å². The minimum atomic E-state index is -0.799. The molecular weight excluding hydrogens is 258 g/mol. The van der Waals surface area contributed by atoms with Gasteiger partial charge in [0.05, 0.1) is 17.3 Å². The van der Waals surface area contributed by atoms with Crippen LogP contribution in [0.25, 0.3) is 0 Å². The predicted molar refractivity (Wildman–Crippen MR) is 72.4 cm³/mol. The molecule has 106 valence electrons. The lowest BCUT2D eigenvalue weighted by atomic mass is 9.89. The number of hydrogen-bond acceptors (Lipinski definition) is 3. The molecule has 1 aromatic heterocycles. The first-order valence-electron chi connectivity index (χ1n) is 6.81. The summed E-state index contributed by atoms with van der Waals surface area (Å²) in [6.45, 7) is 1.83. The van der Waals surface area contributed by atoms with E-state index in [-0.39, 0.29) is 18.1 Å². The minimum Gasteiger partial charge on any atom is -0.481 e. The summed E-state index contributed by atoms with van der Waals surface area (Å²) >= 11 is 0. The first-order chi connectivity index (χ1) is 9.58. The maximum Gasteiger partial charge on any atom is 0.322 e. The number of hydrogen-bond donors (Lipinski definition) is 2. The molecule has 3 heterocycles. The van der Waals surface area contributed by atoms with Gasteiger partial charge in [0, 0.05) is 18.3 Å². The van der Waals surface area contributed by atoms with Crippen molar-refractivity contribution in [1.82, 2.24) is 9.88 Å². The summed E-state index contributed by atoms with van der Waals surface area (Å²) in [5.41, 5.74) is 1.43. The quantitative estimate of drug-likeness (QED) is 0.863. The number of aliphatic carboxylic acids is 1. The van der Waals surface area contributed by atoms with Crippen LogP contribution in [0.1, 0.15) is 25.0 Å². The standard InChI is InChI=1S/C14H17N3O3/c1-8-11(3-2-6-15-8)16-14(20)17-9-4-5-12(17)10(7-9)13(18)19/h2-3,6,9-10,12H,4-5,7H2,1H3,(H,16,20)(H,18,19). The fourth-order valence-electron chi connectivity index (χ4n) is 3.37.